The molecule has 0 aliphatic heterocycles. The molecule has 1 amide bonds. The number of rotatable bonds is 4. The molecule has 0 fully saturated rings. The molecule has 0 saturated heterocycles. The molecule has 0 aromatic heterocycles. The molecular formula is C12H14ClNO4. The van der Waals surface area contributed by atoms with Gasteiger partial charge < -0.3 is 14.8 Å². The highest BCUT2D eigenvalue weighted by atomic mass is 35.5. The summed E-state index contributed by atoms with van der Waals surface area (Å²) in [5, 5.41) is 2.91. The van der Waals surface area contributed by atoms with Gasteiger partial charge in [0.05, 0.1) is 23.4 Å². The van der Waals surface area contributed by atoms with E-state index in [1.165, 1.54) is 32.4 Å². The molecule has 0 radical (unpaired) electrons. The van der Waals surface area contributed by atoms with Crippen LogP contribution in [-0.2, 0) is 14.3 Å². The van der Waals surface area contributed by atoms with E-state index in [9.17, 15) is 9.59 Å². The van der Waals surface area contributed by atoms with Gasteiger partial charge in [-0.15, -0.1) is 0 Å². The summed E-state index contributed by atoms with van der Waals surface area (Å²) in [6.45, 7) is 1.60. The molecular weight excluding hydrogens is 258 g/mol. The molecule has 18 heavy (non-hydrogen) atoms. The van der Waals surface area contributed by atoms with Crippen LogP contribution in [-0.4, -0.2) is 32.2 Å². The van der Waals surface area contributed by atoms with Gasteiger partial charge >= 0.3 is 5.97 Å². The van der Waals surface area contributed by atoms with E-state index < -0.39 is 12.1 Å². The van der Waals surface area contributed by atoms with Crippen LogP contribution in [0.15, 0.2) is 18.2 Å². The maximum atomic E-state index is 11.6. The molecule has 1 rings (SSSR count). The molecule has 6 heteroatoms. The normalized spacial score (nSPS) is 11.8. The lowest BCUT2D eigenvalue weighted by Crippen LogP contribution is -2.26. The lowest BCUT2D eigenvalue weighted by molar-refractivity contribution is -0.124. The van der Waals surface area contributed by atoms with Crippen LogP contribution in [0.1, 0.15) is 17.3 Å². The summed E-state index contributed by atoms with van der Waals surface area (Å²) in [5.74, 6) is -0.844. The zero-order valence-corrected chi connectivity index (χ0v) is 11.1. The van der Waals surface area contributed by atoms with E-state index in [1.54, 1.807) is 6.92 Å². The molecule has 1 aromatic rings. The minimum Gasteiger partial charge on any atom is -0.465 e. The van der Waals surface area contributed by atoms with Crippen LogP contribution >= 0.6 is 11.6 Å². The summed E-state index contributed by atoms with van der Waals surface area (Å²) in [6, 6.07) is 4.49. The Morgan fingerprint density at radius 3 is 2.56 bits per heavy atom. The molecule has 98 valence electrons. The van der Waals surface area contributed by atoms with Crippen LogP contribution < -0.4 is 5.32 Å². The van der Waals surface area contributed by atoms with E-state index in [1.807, 2.05) is 0 Å². The molecule has 1 N–H and O–H groups in total. The van der Waals surface area contributed by atoms with Gasteiger partial charge in [0.2, 0.25) is 0 Å². The van der Waals surface area contributed by atoms with Crippen LogP contribution in [0.4, 0.5) is 5.69 Å². The number of carbonyl (C=O) groups excluding carboxylic acids is 2. The summed E-state index contributed by atoms with van der Waals surface area (Å²) < 4.78 is 9.46. The number of carbonyl (C=O) groups is 2. The van der Waals surface area contributed by atoms with Gasteiger partial charge in [-0.3, -0.25) is 4.79 Å². The highest BCUT2D eigenvalue weighted by molar-refractivity contribution is 6.33. The van der Waals surface area contributed by atoms with Crippen molar-refractivity contribution in [3.63, 3.8) is 0 Å². The number of nitrogens with one attached hydrogen (secondary N) is 1. The Bertz CT molecular complexity index is 461. The summed E-state index contributed by atoms with van der Waals surface area (Å²) in [4.78, 5) is 23.0. The molecule has 1 unspecified atom stereocenters. The van der Waals surface area contributed by atoms with E-state index in [4.69, 9.17) is 16.3 Å². The Hall–Kier alpha value is -1.59. The number of esters is 1. The molecule has 0 aliphatic rings. The first-order valence-electron chi connectivity index (χ1n) is 5.21. The van der Waals surface area contributed by atoms with Gasteiger partial charge in [-0.25, -0.2) is 4.79 Å². The molecule has 5 nitrogen and oxygen atoms in total. The third-order valence-corrected chi connectivity index (χ3v) is 2.70. The fraction of sp³-hybridized carbons (Fsp3) is 0.333. The van der Waals surface area contributed by atoms with Gasteiger partial charge in [-0.1, -0.05) is 11.6 Å². The topological polar surface area (TPSA) is 64.6 Å². The van der Waals surface area contributed by atoms with Gasteiger partial charge in [0.1, 0.15) is 6.10 Å². The first-order chi connectivity index (χ1) is 8.49. The van der Waals surface area contributed by atoms with Gasteiger partial charge in [-0.2, -0.15) is 0 Å². The Labute approximate surface area is 110 Å². The Balaban J connectivity index is 2.94. The first kappa shape index (κ1) is 14.5. The van der Waals surface area contributed by atoms with Crippen molar-refractivity contribution >= 4 is 29.2 Å². The number of benzene rings is 1. The third kappa shape index (κ3) is 3.45. The lowest BCUT2D eigenvalue weighted by Gasteiger charge is -2.12. The molecule has 1 atom stereocenters. The van der Waals surface area contributed by atoms with E-state index in [0.717, 1.165) is 0 Å². The van der Waals surface area contributed by atoms with Crippen LogP contribution in [0.3, 0.4) is 0 Å². The number of anilines is 1. The van der Waals surface area contributed by atoms with Crippen LogP contribution in [0.25, 0.3) is 0 Å². The zero-order valence-electron chi connectivity index (χ0n) is 10.3. The average molecular weight is 272 g/mol. The standard InChI is InChI=1S/C12H14ClNO4/c1-7(17-2)11(15)14-10-6-8(12(16)18-3)4-5-9(10)13/h4-7H,1-3H3,(H,14,15). The highest BCUT2D eigenvalue weighted by Gasteiger charge is 2.15. The van der Waals surface area contributed by atoms with Crippen molar-refractivity contribution in [2.45, 2.75) is 13.0 Å². The second-order valence-corrected chi connectivity index (χ2v) is 3.96. The van der Waals surface area contributed by atoms with Crippen LogP contribution in [0.2, 0.25) is 5.02 Å². The van der Waals surface area contributed by atoms with E-state index in [0.29, 0.717) is 16.3 Å². The van der Waals surface area contributed by atoms with Crippen LogP contribution in [0, 0.1) is 0 Å². The number of hydrogen-bond acceptors (Lipinski definition) is 4. The van der Waals surface area contributed by atoms with Gasteiger partial charge in [0.25, 0.3) is 5.91 Å². The summed E-state index contributed by atoms with van der Waals surface area (Å²) >= 11 is 5.93. The molecule has 0 aliphatic carbocycles. The minimum absolute atomic E-state index is 0.308. The fourth-order valence-corrected chi connectivity index (χ4v) is 1.37. The van der Waals surface area contributed by atoms with Crippen molar-refractivity contribution in [3.05, 3.63) is 28.8 Å². The Kier molecular flexibility index (Phi) is 5.12. The smallest absolute Gasteiger partial charge is 0.337 e. The number of halogens is 1. The summed E-state index contributed by atoms with van der Waals surface area (Å²) in [6.07, 6.45) is -0.608. The van der Waals surface area contributed by atoms with Crippen molar-refractivity contribution < 1.29 is 19.1 Å². The predicted octanol–water partition coefficient (Wildman–Crippen LogP) is 2.10. The SMILES string of the molecule is COC(=O)c1ccc(Cl)c(NC(=O)C(C)OC)c1. The van der Waals surface area contributed by atoms with E-state index in [2.05, 4.69) is 10.1 Å². The number of amides is 1. The molecule has 1 aromatic carbocycles. The number of ether oxygens (including phenoxy) is 2. The maximum Gasteiger partial charge on any atom is 0.337 e. The van der Waals surface area contributed by atoms with Crippen molar-refractivity contribution in [1.82, 2.24) is 0 Å². The molecule has 0 saturated carbocycles. The molecule has 0 bridgehead atoms. The molecule has 0 heterocycles. The average Bonchev–Trinajstić information content (AvgIpc) is 2.39. The summed E-state index contributed by atoms with van der Waals surface area (Å²) in [5.41, 5.74) is 0.649. The summed E-state index contributed by atoms with van der Waals surface area (Å²) in [7, 11) is 2.71. The zero-order chi connectivity index (χ0) is 13.7. The van der Waals surface area contributed by atoms with Gasteiger partial charge in [0, 0.05) is 7.11 Å². The Morgan fingerprint density at radius 1 is 1.33 bits per heavy atom. The minimum atomic E-state index is -0.608. The van der Waals surface area contributed by atoms with E-state index >= 15 is 0 Å². The van der Waals surface area contributed by atoms with E-state index in [-0.39, 0.29) is 5.91 Å². The van der Waals surface area contributed by atoms with Gasteiger partial charge in [-0.05, 0) is 25.1 Å². The van der Waals surface area contributed by atoms with Crippen molar-refractivity contribution in [2.75, 3.05) is 19.5 Å². The third-order valence-electron chi connectivity index (χ3n) is 2.37. The van der Waals surface area contributed by atoms with Crippen molar-refractivity contribution in [3.8, 4) is 0 Å². The predicted molar refractivity (Wildman–Crippen MR) is 67.9 cm³/mol. The maximum absolute atomic E-state index is 11.6. The van der Waals surface area contributed by atoms with Crippen LogP contribution in [0.5, 0.6) is 0 Å². The highest BCUT2D eigenvalue weighted by Crippen LogP contribution is 2.23. The number of hydrogen-bond donors (Lipinski definition) is 1. The van der Waals surface area contributed by atoms with Crippen molar-refractivity contribution in [2.24, 2.45) is 0 Å². The monoisotopic (exact) mass is 271 g/mol. The Morgan fingerprint density at radius 2 is 2.00 bits per heavy atom. The fourth-order valence-electron chi connectivity index (χ4n) is 1.21. The number of methoxy groups -OCH3 is 2. The second-order valence-electron chi connectivity index (χ2n) is 3.55. The lowest BCUT2D eigenvalue weighted by atomic mass is 10.2. The first-order valence-corrected chi connectivity index (χ1v) is 5.59. The van der Waals surface area contributed by atoms with Gasteiger partial charge in [0.15, 0.2) is 0 Å². The largest absolute Gasteiger partial charge is 0.465 e. The second kappa shape index (κ2) is 6.37. The molecule has 0 spiro atoms. The van der Waals surface area contributed by atoms with Crippen molar-refractivity contribution in [1.29, 1.82) is 0 Å². The quantitative estimate of drug-likeness (QED) is 0.852.